The zero-order valence-electron chi connectivity index (χ0n) is 38.3. The predicted octanol–water partition coefficient (Wildman–Crippen LogP) is 3.81. The highest BCUT2D eigenvalue weighted by molar-refractivity contribution is 7.80. The molecule has 350 valence electrons. The number of anilines is 1. The molecule has 4 rings (SSSR count). The van der Waals surface area contributed by atoms with Crippen LogP contribution in [-0.4, -0.2) is 164 Å². The third kappa shape index (κ3) is 11.8. The van der Waals surface area contributed by atoms with Gasteiger partial charge in [-0.15, -0.1) is 0 Å². The summed E-state index contributed by atoms with van der Waals surface area (Å²) < 4.78 is 52.7. The molecule has 17 heteroatoms. The molecule has 1 aromatic carbocycles. The van der Waals surface area contributed by atoms with E-state index in [4.69, 9.17) is 40.6 Å². The van der Waals surface area contributed by atoms with Crippen molar-refractivity contribution >= 4 is 29.0 Å². The Morgan fingerprint density at radius 2 is 1.64 bits per heavy atom. The van der Waals surface area contributed by atoms with E-state index in [1.54, 1.807) is 65.5 Å². The normalized spacial score (nSPS) is 43.6. The van der Waals surface area contributed by atoms with Crippen molar-refractivity contribution in [2.24, 2.45) is 17.8 Å². The summed E-state index contributed by atoms with van der Waals surface area (Å²) in [6.07, 6.45) is -9.67. The molecule has 0 aliphatic carbocycles. The number of methoxy groups -OCH3 is 1. The van der Waals surface area contributed by atoms with E-state index in [2.05, 4.69) is 5.32 Å². The number of para-hydroxylation sites is 1. The summed E-state index contributed by atoms with van der Waals surface area (Å²) in [6, 6.07) is 4.74. The van der Waals surface area contributed by atoms with Crippen LogP contribution in [0.25, 0.3) is 0 Å². The van der Waals surface area contributed by atoms with Crippen LogP contribution in [0.5, 0.6) is 0 Å². The molecule has 0 unspecified atom stereocenters. The highest BCUT2D eigenvalue weighted by Gasteiger charge is 2.53. The van der Waals surface area contributed by atoms with Gasteiger partial charge in [0.25, 0.3) is 0 Å². The second-order valence-corrected chi connectivity index (χ2v) is 19.2. The lowest BCUT2D eigenvalue weighted by Crippen LogP contribution is -2.61. The molecule has 18 atom stereocenters. The monoisotopic (exact) mass is 887 g/mol. The van der Waals surface area contributed by atoms with Crippen molar-refractivity contribution in [2.75, 3.05) is 33.1 Å². The van der Waals surface area contributed by atoms with Crippen molar-refractivity contribution in [3.63, 3.8) is 0 Å². The van der Waals surface area contributed by atoms with Gasteiger partial charge in [-0.3, -0.25) is 4.79 Å². The van der Waals surface area contributed by atoms with Crippen LogP contribution in [0.1, 0.15) is 94.9 Å². The number of hydrogen-bond acceptors (Lipinski definition) is 14. The molecule has 3 heterocycles. The summed E-state index contributed by atoms with van der Waals surface area (Å²) in [5.74, 6) is -3.70. The van der Waals surface area contributed by atoms with Crippen molar-refractivity contribution in [1.82, 2.24) is 9.80 Å². The summed E-state index contributed by atoms with van der Waals surface area (Å²) in [5, 5.41) is 62.6. The lowest BCUT2D eigenvalue weighted by atomic mass is 9.77. The average molecular weight is 888 g/mol. The number of esters is 1. The van der Waals surface area contributed by atoms with Gasteiger partial charge in [-0.1, -0.05) is 32.9 Å². The second kappa shape index (κ2) is 20.8. The molecular weight excluding hydrogens is 814 g/mol. The zero-order chi connectivity index (χ0) is 45.9. The highest BCUT2D eigenvalue weighted by Crippen LogP contribution is 2.40. The molecule has 3 aliphatic rings. The number of nitrogens with one attached hydrogen (secondary N) is 1. The lowest BCUT2D eigenvalue weighted by Gasteiger charge is -2.49. The van der Waals surface area contributed by atoms with Gasteiger partial charge < -0.3 is 69.1 Å². The van der Waals surface area contributed by atoms with Crippen LogP contribution in [0.3, 0.4) is 0 Å². The minimum Gasteiger partial charge on any atom is -0.459 e. The second-order valence-electron chi connectivity index (χ2n) is 18.8. The van der Waals surface area contributed by atoms with Crippen LogP contribution < -0.4 is 5.32 Å². The SMILES string of the molecule is CC[C@H]1OC(=O)[C@H](C)[C@@H](O[C@H]2C[C@@](C)(OC)[C@@H](O)[C@H](C)O2)[C@H](C)[C@@H](O[C@@H]2O[C@H](C)C[C@H](N(C)C)[C@H]2O)[C@](C)(O)C[C@@H](C)CN(C(=S)Nc2ccccc2F)[C@H](C)[C@@H](O)[C@]1(C)O. The van der Waals surface area contributed by atoms with Gasteiger partial charge in [0.2, 0.25) is 0 Å². The summed E-state index contributed by atoms with van der Waals surface area (Å²) in [4.78, 5) is 18.0. The molecule has 0 aromatic heterocycles. The maximum Gasteiger partial charge on any atom is 0.311 e. The third-order valence-electron chi connectivity index (χ3n) is 13.3. The van der Waals surface area contributed by atoms with E-state index >= 15 is 0 Å². The molecule has 3 aliphatic heterocycles. The lowest BCUT2D eigenvalue weighted by molar-refractivity contribution is -0.318. The number of carbonyl (C=O) groups excluding carboxylic acids is 1. The fourth-order valence-electron chi connectivity index (χ4n) is 9.53. The summed E-state index contributed by atoms with van der Waals surface area (Å²) in [6.45, 7) is 17.1. The number of likely N-dealkylation sites (N-methyl/N-ethyl adjacent to an activating group) is 1. The number of ether oxygens (including phenoxy) is 6. The summed E-state index contributed by atoms with van der Waals surface area (Å²) in [7, 11) is 5.20. The van der Waals surface area contributed by atoms with Crippen LogP contribution in [0.4, 0.5) is 10.1 Å². The molecule has 0 amide bonds. The van der Waals surface area contributed by atoms with E-state index in [0.29, 0.717) is 6.42 Å². The van der Waals surface area contributed by atoms with E-state index in [9.17, 15) is 34.7 Å². The first-order valence-corrected chi connectivity index (χ1v) is 22.0. The largest absolute Gasteiger partial charge is 0.459 e. The zero-order valence-corrected chi connectivity index (χ0v) is 39.1. The number of thiocarbonyl (C=S) groups is 1. The van der Waals surface area contributed by atoms with Crippen LogP contribution in [0, 0.1) is 23.6 Å². The molecule has 0 saturated carbocycles. The molecule has 0 bridgehead atoms. The van der Waals surface area contributed by atoms with Crippen molar-refractivity contribution in [2.45, 2.75) is 185 Å². The van der Waals surface area contributed by atoms with Gasteiger partial charge in [-0.25, -0.2) is 4.39 Å². The van der Waals surface area contributed by atoms with Crippen molar-refractivity contribution in [3.05, 3.63) is 30.1 Å². The molecule has 15 nitrogen and oxygen atoms in total. The van der Waals surface area contributed by atoms with E-state index < -0.39 is 108 Å². The van der Waals surface area contributed by atoms with Crippen LogP contribution in [0.15, 0.2) is 24.3 Å². The van der Waals surface area contributed by atoms with Crippen LogP contribution >= 0.6 is 12.2 Å². The van der Waals surface area contributed by atoms with E-state index in [1.165, 1.54) is 26.2 Å². The Kier molecular flexibility index (Phi) is 17.6. The number of benzene rings is 1. The number of cyclic esters (lactones) is 1. The van der Waals surface area contributed by atoms with Crippen molar-refractivity contribution in [3.8, 4) is 0 Å². The van der Waals surface area contributed by atoms with Crippen molar-refractivity contribution < 1.29 is 63.1 Å². The summed E-state index contributed by atoms with van der Waals surface area (Å²) in [5.41, 5.74) is -4.72. The number of halogens is 1. The van der Waals surface area contributed by atoms with E-state index in [-0.39, 0.29) is 48.8 Å². The topological polar surface area (TPSA) is 192 Å². The Morgan fingerprint density at radius 1 is 1.00 bits per heavy atom. The number of rotatable bonds is 8. The van der Waals surface area contributed by atoms with Gasteiger partial charge in [-0.2, -0.15) is 0 Å². The fourth-order valence-corrected chi connectivity index (χ4v) is 9.88. The Bertz CT molecular complexity index is 1610. The first-order valence-electron chi connectivity index (χ1n) is 21.6. The number of nitrogens with zero attached hydrogens (tertiary/aromatic N) is 2. The minimum atomic E-state index is -2.02. The third-order valence-corrected chi connectivity index (χ3v) is 13.6. The molecule has 6 N–H and O–H groups in total. The summed E-state index contributed by atoms with van der Waals surface area (Å²) >= 11 is 5.86. The van der Waals surface area contributed by atoms with Crippen LogP contribution in [-0.2, 0) is 33.2 Å². The maximum absolute atomic E-state index is 14.9. The Labute approximate surface area is 367 Å². The van der Waals surface area contributed by atoms with Gasteiger partial charge in [-0.05, 0) is 112 Å². The molecule has 61 heavy (non-hydrogen) atoms. The Balaban J connectivity index is 1.87. The molecule has 1 aromatic rings. The standard InChI is InChI=1S/C44H74FN3O12S/c1-14-32-44(10,54)36(50)27(6)48(41(61)46-30-18-16-15-17-29(30)45)22-23(2)20-42(8,53)38(60-40-34(49)31(47(11)12)19-24(3)56-40)25(4)35(26(5)39(52)58-32)59-33-21-43(9,55-13)37(51)28(7)57-33/h15-18,23-28,31-38,40,49-51,53-54H,14,19-22H2,1-13H3,(H,46,61)/t23-,24-,25+,26-,27-,28+,31+,32-,33+,34-,35+,36-,37+,38-,40+,42-,43-,44-/m1/s1. The first-order chi connectivity index (χ1) is 28.3. The number of hydrogen-bond donors (Lipinski definition) is 6. The smallest absolute Gasteiger partial charge is 0.311 e. The van der Waals surface area contributed by atoms with E-state index in [0.717, 1.165) is 0 Å². The average Bonchev–Trinajstić information content (AvgIpc) is 3.18. The van der Waals surface area contributed by atoms with Gasteiger partial charge >= 0.3 is 5.97 Å². The Hall–Kier alpha value is -2.13. The maximum atomic E-state index is 14.9. The van der Waals surface area contributed by atoms with Gasteiger partial charge in [0.05, 0.1) is 53.3 Å². The van der Waals surface area contributed by atoms with Gasteiger partial charge in [0, 0.05) is 32.0 Å². The fraction of sp³-hybridized carbons (Fsp3) is 0.818. The molecule has 3 saturated heterocycles. The molecule has 0 radical (unpaired) electrons. The molecule has 0 spiro atoms. The predicted molar refractivity (Wildman–Crippen MR) is 231 cm³/mol. The number of carbonyl (C=O) groups is 1. The number of aliphatic hydroxyl groups is 5. The Morgan fingerprint density at radius 3 is 2.23 bits per heavy atom. The highest BCUT2D eigenvalue weighted by atomic mass is 32.1. The van der Waals surface area contributed by atoms with Gasteiger partial charge in [0.15, 0.2) is 17.7 Å². The van der Waals surface area contributed by atoms with Crippen LogP contribution in [0.2, 0.25) is 0 Å². The molecular formula is C44H74FN3O12S. The van der Waals surface area contributed by atoms with Gasteiger partial charge in [0.1, 0.15) is 35.8 Å². The first kappa shape index (κ1) is 51.5. The number of aliphatic hydroxyl groups excluding tert-OH is 3. The van der Waals surface area contributed by atoms with E-state index in [1.807, 2.05) is 32.8 Å². The molecule has 3 fully saturated rings. The minimum absolute atomic E-state index is 0.0452. The quantitative estimate of drug-likeness (QED) is 0.163. The van der Waals surface area contributed by atoms with Crippen molar-refractivity contribution in [1.29, 1.82) is 0 Å².